The Morgan fingerprint density at radius 1 is 1.50 bits per heavy atom. The lowest BCUT2D eigenvalue weighted by atomic mass is 9.97. The molecule has 0 amide bonds. The minimum absolute atomic E-state index is 0.0541. The summed E-state index contributed by atoms with van der Waals surface area (Å²) >= 11 is 0. The summed E-state index contributed by atoms with van der Waals surface area (Å²) in [5.74, 6) is -0.130. The number of halogens is 1. The highest BCUT2D eigenvalue weighted by atomic mass is 19.1. The molecule has 16 heavy (non-hydrogen) atoms. The first-order valence-corrected chi connectivity index (χ1v) is 5.43. The van der Waals surface area contributed by atoms with Crippen LogP contribution in [0.4, 0.5) is 4.39 Å². The molecule has 0 aliphatic carbocycles. The van der Waals surface area contributed by atoms with Gasteiger partial charge in [-0.05, 0) is 30.5 Å². The summed E-state index contributed by atoms with van der Waals surface area (Å²) in [6.07, 6.45) is 1.68. The summed E-state index contributed by atoms with van der Waals surface area (Å²) in [6.45, 7) is 0.687. The van der Waals surface area contributed by atoms with Gasteiger partial charge in [0.2, 0.25) is 0 Å². The van der Waals surface area contributed by atoms with E-state index in [0.29, 0.717) is 6.61 Å². The first kappa shape index (κ1) is 11.4. The monoisotopic (exact) mass is 225 g/mol. The van der Waals surface area contributed by atoms with E-state index in [9.17, 15) is 4.39 Å². The molecule has 1 aromatic rings. The summed E-state index contributed by atoms with van der Waals surface area (Å²) in [4.78, 5) is 0. The summed E-state index contributed by atoms with van der Waals surface area (Å²) in [5, 5.41) is 0. The van der Waals surface area contributed by atoms with Crippen LogP contribution in [0.5, 0.6) is 5.75 Å². The summed E-state index contributed by atoms with van der Waals surface area (Å²) in [7, 11) is 1.45. The van der Waals surface area contributed by atoms with E-state index < -0.39 is 0 Å². The maximum Gasteiger partial charge on any atom is 0.165 e. The van der Waals surface area contributed by atoms with Crippen molar-refractivity contribution in [2.45, 2.75) is 25.0 Å². The van der Waals surface area contributed by atoms with Crippen LogP contribution in [-0.2, 0) is 4.74 Å². The Hall–Kier alpha value is -1.13. The zero-order valence-corrected chi connectivity index (χ0v) is 9.28. The standard InChI is InChI=1S/C12H16FNO2/c1-15-11-5-4-8(7-9(11)13)12-10(14)3-2-6-16-12/h4-5,7,10,12H,2-3,6,14H2,1H3. The normalized spacial score (nSPS) is 25.4. The fourth-order valence-electron chi connectivity index (χ4n) is 2.01. The highest BCUT2D eigenvalue weighted by molar-refractivity contribution is 5.31. The highest BCUT2D eigenvalue weighted by Crippen LogP contribution is 2.29. The fourth-order valence-corrected chi connectivity index (χ4v) is 2.01. The van der Waals surface area contributed by atoms with Crippen molar-refractivity contribution in [3.05, 3.63) is 29.6 Å². The van der Waals surface area contributed by atoms with Gasteiger partial charge in [0.05, 0.1) is 13.2 Å². The SMILES string of the molecule is COc1ccc(C2OCCCC2N)cc1F. The van der Waals surface area contributed by atoms with Crippen LogP contribution >= 0.6 is 0 Å². The van der Waals surface area contributed by atoms with Crippen LogP contribution in [0.15, 0.2) is 18.2 Å². The number of methoxy groups -OCH3 is 1. The van der Waals surface area contributed by atoms with Gasteiger partial charge in [-0.1, -0.05) is 6.07 Å². The molecule has 2 rings (SSSR count). The molecule has 0 bridgehead atoms. The maximum absolute atomic E-state index is 13.5. The van der Waals surface area contributed by atoms with Crippen LogP contribution in [0.25, 0.3) is 0 Å². The van der Waals surface area contributed by atoms with Gasteiger partial charge in [-0.3, -0.25) is 0 Å². The molecule has 88 valence electrons. The van der Waals surface area contributed by atoms with E-state index in [1.165, 1.54) is 13.2 Å². The number of hydrogen-bond donors (Lipinski definition) is 1. The molecule has 0 saturated carbocycles. The predicted octanol–water partition coefficient (Wildman–Crippen LogP) is 2.01. The molecule has 0 radical (unpaired) electrons. The van der Waals surface area contributed by atoms with E-state index in [1.54, 1.807) is 12.1 Å². The lowest BCUT2D eigenvalue weighted by Crippen LogP contribution is -2.34. The van der Waals surface area contributed by atoms with Gasteiger partial charge in [0.1, 0.15) is 0 Å². The number of ether oxygens (including phenoxy) is 2. The summed E-state index contributed by atoms with van der Waals surface area (Å²) in [6, 6.07) is 4.79. The quantitative estimate of drug-likeness (QED) is 0.837. The average molecular weight is 225 g/mol. The predicted molar refractivity (Wildman–Crippen MR) is 58.9 cm³/mol. The van der Waals surface area contributed by atoms with Gasteiger partial charge < -0.3 is 15.2 Å². The summed E-state index contributed by atoms with van der Waals surface area (Å²) < 4.78 is 24.0. The van der Waals surface area contributed by atoms with Crippen molar-refractivity contribution >= 4 is 0 Å². The minimum Gasteiger partial charge on any atom is -0.494 e. The highest BCUT2D eigenvalue weighted by Gasteiger charge is 2.24. The Morgan fingerprint density at radius 2 is 2.31 bits per heavy atom. The van der Waals surface area contributed by atoms with Crippen molar-refractivity contribution in [2.24, 2.45) is 5.73 Å². The van der Waals surface area contributed by atoms with E-state index in [1.807, 2.05) is 0 Å². The molecule has 1 aliphatic heterocycles. The second-order valence-electron chi connectivity index (χ2n) is 3.99. The second kappa shape index (κ2) is 4.80. The molecule has 1 saturated heterocycles. The van der Waals surface area contributed by atoms with Gasteiger partial charge in [0.15, 0.2) is 11.6 Å². The first-order chi connectivity index (χ1) is 7.72. The van der Waals surface area contributed by atoms with E-state index in [4.69, 9.17) is 15.2 Å². The van der Waals surface area contributed by atoms with Gasteiger partial charge >= 0.3 is 0 Å². The van der Waals surface area contributed by atoms with E-state index in [-0.39, 0.29) is 23.7 Å². The van der Waals surface area contributed by atoms with Crippen LogP contribution in [0.2, 0.25) is 0 Å². The van der Waals surface area contributed by atoms with Gasteiger partial charge in [-0.2, -0.15) is 0 Å². The van der Waals surface area contributed by atoms with Gasteiger partial charge in [-0.25, -0.2) is 4.39 Å². The summed E-state index contributed by atoms with van der Waals surface area (Å²) in [5.41, 5.74) is 6.74. The average Bonchev–Trinajstić information content (AvgIpc) is 2.29. The number of hydrogen-bond acceptors (Lipinski definition) is 3. The number of benzene rings is 1. The molecule has 1 aliphatic rings. The van der Waals surface area contributed by atoms with Crippen LogP contribution in [0, 0.1) is 5.82 Å². The molecule has 0 aromatic heterocycles. The third-order valence-electron chi connectivity index (χ3n) is 2.87. The molecule has 2 atom stereocenters. The van der Waals surface area contributed by atoms with Crippen molar-refractivity contribution in [2.75, 3.05) is 13.7 Å². The van der Waals surface area contributed by atoms with Gasteiger partial charge in [0, 0.05) is 12.6 Å². The zero-order valence-electron chi connectivity index (χ0n) is 9.28. The lowest BCUT2D eigenvalue weighted by Gasteiger charge is -2.29. The Balaban J connectivity index is 2.22. The molecule has 0 spiro atoms. The fraction of sp³-hybridized carbons (Fsp3) is 0.500. The van der Waals surface area contributed by atoms with Crippen molar-refractivity contribution < 1.29 is 13.9 Å². The van der Waals surface area contributed by atoms with Gasteiger partial charge in [-0.15, -0.1) is 0 Å². The lowest BCUT2D eigenvalue weighted by molar-refractivity contribution is -0.0000493. The molecular formula is C12H16FNO2. The number of rotatable bonds is 2. The molecule has 1 fully saturated rings. The molecule has 3 nitrogen and oxygen atoms in total. The second-order valence-corrected chi connectivity index (χ2v) is 3.99. The molecule has 1 heterocycles. The molecule has 4 heteroatoms. The van der Waals surface area contributed by atoms with Crippen LogP contribution in [-0.4, -0.2) is 19.8 Å². The Labute approximate surface area is 94.3 Å². The maximum atomic E-state index is 13.5. The molecule has 2 N–H and O–H groups in total. The molecule has 2 unspecified atom stereocenters. The first-order valence-electron chi connectivity index (χ1n) is 5.43. The van der Waals surface area contributed by atoms with Crippen molar-refractivity contribution in [3.8, 4) is 5.75 Å². The van der Waals surface area contributed by atoms with Crippen molar-refractivity contribution in [3.63, 3.8) is 0 Å². The van der Waals surface area contributed by atoms with Crippen LogP contribution < -0.4 is 10.5 Å². The largest absolute Gasteiger partial charge is 0.494 e. The smallest absolute Gasteiger partial charge is 0.165 e. The van der Waals surface area contributed by atoms with Crippen LogP contribution in [0.3, 0.4) is 0 Å². The van der Waals surface area contributed by atoms with E-state index in [2.05, 4.69) is 0 Å². The van der Waals surface area contributed by atoms with E-state index in [0.717, 1.165) is 18.4 Å². The third kappa shape index (κ3) is 2.18. The molecule has 1 aromatic carbocycles. The van der Waals surface area contributed by atoms with Crippen molar-refractivity contribution in [1.29, 1.82) is 0 Å². The minimum atomic E-state index is -0.374. The topological polar surface area (TPSA) is 44.5 Å². The Bertz CT molecular complexity index is 370. The molecular weight excluding hydrogens is 209 g/mol. The number of nitrogens with two attached hydrogens (primary N) is 1. The van der Waals surface area contributed by atoms with E-state index >= 15 is 0 Å². The van der Waals surface area contributed by atoms with Crippen molar-refractivity contribution in [1.82, 2.24) is 0 Å². The Kier molecular flexibility index (Phi) is 3.41. The van der Waals surface area contributed by atoms with Crippen LogP contribution in [0.1, 0.15) is 24.5 Å². The van der Waals surface area contributed by atoms with Gasteiger partial charge in [0.25, 0.3) is 0 Å². The zero-order chi connectivity index (χ0) is 11.5. The Morgan fingerprint density at radius 3 is 2.94 bits per heavy atom. The third-order valence-corrected chi connectivity index (χ3v) is 2.87.